The fourth-order valence-corrected chi connectivity index (χ4v) is 2.97. The predicted molar refractivity (Wildman–Crippen MR) is 98.2 cm³/mol. The predicted octanol–water partition coefficient (Wildman–Crippen LogP) is 3.21. The zero-order valence-corrected chi connectivity index (χ0v) is 15.3. The first-order chi connectivity index (χ1) is 13.5. The molecule has 3 rings (SSSR count). The van der Waals surface area contributed by atoms with Gasteiger partial charge in [-0.3, -0.25) is 0 Å². The lowest BCUT2D eigenvalue weighted by molar-refractivity contribution is 0.0728. The lowest BCUT2D eigenvalue weighted by Crippen LogP contribution is -2.44. The van der Waals surface area contributed by atoms with E-state index in [4.69, 9.17) is 19.3 Å². The van der Waals surface area contributed by atoms with E-state index in [-0.39, 0.29) is 16.9 Å². The van der Waals surface area contributed by atoms with Crippen molar-refractivity contribution < 1.29 is 27.6 Å². The Hall–Kier alpha value is -2.76. The number of hydrogen-bond donors (Lipinski definition) is 0. The van der Waals surface area contributed by atoms with Gasteiger partial charge >= 0.3 is 13.1 Å². The molecule has 0 spiro atoms. The van der Waals surface area contributed by atoms with Gasteiger partial charge in [0.1, 0.15) is 23.5 Å². The molecule has 2 aromatic carbocycles. The van der Waals surface area contributed by atoms with Gasteiger partial charge in [-0.05, 0) is 36.1 Å². The summed E-state index contributed by atoms with van der Waals surface area (Å²) in [5.41, 5.74) is -0.00871. The Morgan fingerprint density at radius 2 is 1.96 bits per heavy atom. The SMILES string of the molecule is CCCC1COB(c2ccc(C(=O)Oc3ccc(C#N)c(F)c3)c(F)c2)OC1. The van der Waals surface area contributed by atoms with Crippen molar-refractivity contribution in [2.24, 2.45) is 5.92 Å². The minimum atomic E-state index is -0.971. The van der Waals surface area contributed by atoms with Gasteiger partial charge in [0, 0.05) is 25.2 Å². The summed E-state index contributed by atoms with van der Waals surface area (Å²) < 4.78 is 44.3. The highest BCUT2D eigenvalue weighted by Gasteiger charge is 2.30. The summed E-state index contributed by atoms with van der Waals surface area (Å²) in [6.07, 6.45) is 2.04. The minimum absolute atomic E-state index is 0.120. The van der Waals surface area contributed by atoms with Gasteiger partial charge in [0.05, 0.1) is 11.1 Å². The van der Waals surface area contributed by atoms with E-state index in [1.807, 2.05) is 0 Å². The highest BCUT2D eigenvalue weighted by Crippen LogP contribution is 2.19. The van der Waals surface area contributed by atoms with Crippen molar-refractivity contribution in [1.29, 1.82) is 5.26 Å². The second kappa shape index (κ2) is 8.96. The third-order valence-electron chi connectivity index (χ3n) is 4.42. The highest BCUT2D eigenvalue weighted by atomic mass is 19.1. The summed E-state index contributed by atoms with van der Waals surface area (Å²) >= 11 is 0. The highest BCUT2D eigenvalue weighted by molar-refractivity contribution is 6.61. The molecule has 0 radical (unpaired) electrons. The molecule has 1 fully saturated rings. The average Bonchev–Trinajstić information content (AvgIpc) is 2.69. The van der Waals surface area contributed by atoms with Crippen molar-refractivity contribution >= 4 is 18.6 Å². The van der Waals surface area contributed by atoms with Crippen LogP contribution in [0.1, 0.15) is 35.7 Å². The van der Waals surface area contributed by atoms with Crippen LogP contribution in [0.25, 0.3) is 0 Å². The molecule has 2 aromatic rings. The molecule has 144 valence electrons. The Bertz CT molecular complexity index is 908. The third kappa shape index (κ3) is 4.56. The summed E-state index contributed by atoms with van der Waals surface area (Å²) in [4.78, 5) is 12.2. The van der Waals surface area contributed by atoms with Crippen LogP contribution < -0.4 is 10.2 Å². The normalized spacial score (nSPS) is 14.6. The van der Waals surface area contributed by atoms with E-state index in [1.165, 1.54) is 30.3 Å². The summed E-state index contributed by atoms with van der Waals surface area (Å²) in [6, 6.07) is 8.99. The molecule has 0 aliphatic carbocycles. The van der Waals surface area contributed by atoms with E-state index >= 15 is 0 Å². The Labute approximate surface area is 162 Å². The van der Waals surface area contributed by atoms with E-state index in [0.29, 0.717) is 24.6 Å². The van der Waals surface area contributed by atoms with Crippen LogP contribution in [0.5, 0.6) is 5.75 Å². The lowest BCUT2D eigenvalue weighted by atomic mass is 9.77. The number of rotatable bonds is 5. The number of benzene rings is 2. The molecule has 0 saturated carbocycles. The summed E-state index contributed by atoms with van der Waals surface area (Å²) in [6.45, 7) is 3.16. The Balaban J connectivity index is 1.68. The number of hydrogen-bond acceptors (Lipinski definition) is 5. The van der Waals surface area contributed by atoms with Crippen LogP contribution >= 0.6 is 0 Å². The van der Waals surface area contributed by atoms with Gasteiger partial charge in [-0.1, -0.05) is 19.4 Å². The largest absolute Gasteiger partial charge is 0.493 e. The van der Waals surface area contributed by atoms with Crippen molar-refractivity contribution in [3.8, 4) is 11.8 Å². The molecule has 5 nitrogen and oxygen atoms in total. The fraction of sp³-hybridized carbons (Fsp3) is 0.300. The van der Waals surface area contributed by atoms with Crippen LogP contribution in [-0.4, -0.2) is 26.3 Å². The number of nitriles is 1. The van der Waals surface area contributed by atoms with Gasteiger partial charge in [0.15, 0.2) is 0 Å². The van der Waals surface area contributed by atoms with E-state index in [2.05, 4.69) is 6.92 Å². The molecule has 0 atom stereocenters. The monoisotopic (exact) mass is 385 g/mol. The number of ether oxygens (including phenoxy) is 1. The van der Waals surface area contributed by atoms with Crippen molar-refractivity contribution in [1.82, 2.24) is 0 Å². The molecule has 0 amide bonds. The van der Waals surface area contributed by atoms with E-state index in [9.17, 15) is 13.6 Å². The maximum atomic E-state index is 14.4. The first-order valence-electron chi connectivity index (χ1n) is 8.96. The van der Waals surface area contributed by atoms with Gasteiger partial charge in [-0.2, -0.15) is 5.26 Å². The summed E-state index contributed by atoms with van der Waals surface area (Å²) in [5.74, 6) is -2.38. The molecule has 0 aromatic heterocycles. The van der Waals surface area contributed by atoms with Gasteiger partial charge in [0.2, 0.25) is 0 Å². The molecular formula is C20H18BF2NO4. The molecule has 0 bridgehead atoms. The number of nitrogens with zero attached hydrogens (tertiary/aromatic N) is 1. The van der Waals surface area contributed by atoms with Gasteiger partial charge in [-0.15, -0.1) is 0 Å². The molecule has 8 heteroatoms. The molecule has 1 aliphatic heterocycles. The standard InChI is InChI=1S/C20H18BF2NO4/c1-2-3-13-11-26-21(27-12-13)15-5-7-17(19(23)8-15)20(25)28-16-6-4-14(10-24)18(22)9-16/h4-9,13H,2-3,11-12H2,1H3. The van der Waals surface area contributed by atoms with Crippen molar-refractivity contribution in [2.75, 3.05) is 13.2 Å². The molecule has 28 heavy (non-hydrogen) atoms. The average molecular weight is 385 g/mol. The zero-order valence-electron chi connectivity index (χ0n) is 15.3. The quantitative estimate of drug-likeness (QED) is 0.449. The maximum absolute atomic E-state index is 14.4. The Kier molecular flexibility index (Phi) is 6.39. The molecule has 1 saturated heterocycles. The first kappa shape index (κ1) is 20.0. The van der Waals surface area contributed by atoms with Crippen LogP contribution in [0, 0.1) is 28.9 Å². The van der Waals surface area contributed by atoms with Crippen molar-refractivity contribution in [3.05, 3.63) is 59.2 Å². The van der Waals surface area contributed by atoms with Gasteiger partial charge < -0.3 is 14.0 Å². The number of carbonyl (C=O) groups is 1. The molecule has 0 unspecified atom stereocenters. The van der Waals surface area contributed by atoms with Crippen LogP contribution in [-0.2, 0) is 9.31 Å². The van der Waals surface area contributed by atoms with Crippen LogP contribution in [0.15, 0.2) is 36.4 Å². The van der Waals surface area contributed by atoms with Gasteiger partial charge in [-0.25, -0.2) is 13.6 Å². The van der Waals surface area contributed by atoms with E-state index in [0.717, 1.165) is 18.9 Å². The zero-order chi connectivity index (χ0) is 20.1. The lowest BCUT2D eigenvalue weighted by Gasteiger charge is -2.27. The third-order valence-corrected chi connectivity index (χ3v) is 4.42. The van der Waals surface area contributed by atoms with Gasteiger partial charge in [0.25, 0.3) is 0 Å². The smallest absolute Gasteiger partial charge is 0.423 e. The number of carbonyl (C=O) groups excluding carboxylic acids is 1. The minimum Gasteiger partial charge on any atom is -0.423 e. The molecule has 0 N–H and O–H groups in total. The summed E-state index contributed by atoms with van der Waals surface area (Å²) in [5, 5.41) is 8.71. The maximum Gasteiger partial charge on any atom is 0.493 e. The first-order valence-corrected chi connectivity index (χ1v) is 8.96. The Morgan fingerprint density at radius 1 is 1.21 bits per heavy atom. The van der Waals surface area contributed by atoms with E-state index in [1.54, 1.807) is 6.07 Å². The fourth-order valence-electron chi connectivity index (χ4n) is 2.97. The second-order valence-electron chi connectivity index (χ2n) is 6.54. The Morgan fingerprint density at radius 3 is 2.57 bits per heavy atom. The molecule has 1 aliphatic rings. The summed E-state index contributed by atoms with van der Waals surface area (Å²) in [7, 11) is -0.680. The number of halogens is 2. The van der Waals surface area contributed by atoms with E-state index < -0.39 is 24.7 Å². The molecule has 1 heterocycles. The topological polar surface area (TPSA) is 68.5 Å². The number of esters is 1. The van der Waals surface area contributed by atoms with Crippen LogP contribution in [0.3, 0.4) is 0 Å². The van der Waals surface area contributed by atoms with Crippen molar-refractivity contribution in [2.45, 2.75) is 19.8 Å². The van der Waals surface area contributed by atoms with Crippen LogP contribution in [0.2, 0.25) is 0 Å². The van der Waals surface area contributed by atoms with Crippen LogP contribution in [0.4, 0.5) is 8.78 Å². The molecular weight excluding hydrogens is 367 g/mol. The van der Waals surface area contributed by atoms with Crippen molar-refractivity contribution in [3.63, 3.8) is 0 Å². The second-order valence-corrected chi connectivity index (χ2v) is 6.54.